The molecule has 26 heavy (non-hydrogen) atoms. The summed E-state index contributed by atoms with van der Waals surface area (Å²) in [5.41, 5.74) is 4.81. The molecule has 0 aliphatic rings. The quantitative estimate of drug-likeness (QED) is 0.488. The molecular weight excluding hydrogens is 416 g/mol. The predicted molar refractivity (Wildman–Crippen MR) is 108 cm³/mol. The molecule has 2 heterocycles. The van der Waals surface area contributed by atoms with Crippen LogP contribution < -0.4 is 11.0 Å². The van der Waals surface area contributed by atoms with Gasteiger partial charge in [0.25, 0.3) is 5.56 Å². The van der Waals surface area contributed by atoms with Gasteiger partial charge in [0, 0.05) is 9.35 Å². The number of carbonyl (C=O) groups is 1. The number of H-pyrrole nitrogens is 1. The highest BCUT2D eigenvalue weighted by atomic mass is 79.9. The van der Waals surface area contributed by atoms with E-state index in [-0.39, 0.29) is 17.9 Å². The molecule has 0 aliphatic heterocycles. The molecule has 1 aromatic carbocycles. The summed E-state index contributed by atoms with van der Waals surface area (Å²) >= 11 is 4.86. The van der Waals surface area contributed by atoms with Gasteiger partial charge in [-0.1, -0.05) is 28.1 Å². The van der Waals surface area contributed by atoms with Gasteiger partial charge in [0.15, 0.2) is 0 Å². The van der Waals surface area contributed by atoms with Crippen LogP contribution in [-0.2, 0) is 11.2 Å². The number of nitrogens with zero attached hydrogens (tertiary/aromatic N) is 2. The van der Waals surface area contributed by atoms with Crippen LogP contribution >= 0.6 is 27.3 Å². The van der Waals surface area contributed by atoms with Gasteiger partial charge in [0.1, 0.15) is 10.7 Å². The Morgan fingerprint density at radius 3 is 2.88 bits per heavy atom. The number of aromatic amines is 1. The molecule has 2 N–H and O–H groups in total. The molecule has 0 saturated carbocycles. The maximum Gasteiger partial charge on any atom is 0.259 e. The molecule has 1 amide bonds. The number of aryl methyl sites for hydroxylation is 2. The monoisotopic (exact) mass is 432 g/mol. The van der Waals surface area contributed by atoms with E-state index in [9.17, 15) is 9.59 Å². The molecule has 3 aromatic rings. The zero-order valence-corrected chi connectivity index (χ0v) is 16.9. The molecule has 0 atom stereocenters. The van der Waals surface area contributed by atoms with Crippen molar-refractivity contribution in [3.05, 3.63) is 60.9 Å². The topological polar surface area (TPSA) is 87.2 Å². The van der Waals surface area contributed by atoms with Crippen molar-refractivity contribution in [2.75, 3.05) is 0 Å². The minimum absolute atomic E-state index is 0.0452. The van der Waals surface area contributed by atoms with Gasteiger partial charge in [0.2, 0.25) is 5.91 Å². The summed E-state index contributed by atoms with van der Waals surface area (Å²) in [6.07, 6.45) is -0.0452. The molecular formula is C18H17BrN4O2S. The third kappa shape index (κ3) is 3.91. The zero-order chi connectivity index (χ0) is 18.8. The number of benzene rings is 1. The van der Waals surface area contributed by atoms with Crippen molar-refractivity contribution in [2.24, 2.45) is 5.10 Å². The normalized spacial score (nSPS) is 11.8. The van der Waals surface area contributed by atoms with Crippen LogP contribution in [0.2, 0.25) is 0 Å². The standard InChI is InChI=1S/C18H17BrN4O2S/c1-9-11(3)26-18-16(9)17(25)20-14(21-18)8-15(24)23-22-10(2)12-5-4-6-13(19)7-12/h4-7H,8H2,1-3H3,(H,23,24)(H,20,21,25)/b22-10+. The summed E-state index contributed by atoms with van der Waals surface area (Å²) < 4.78 is 0.937. The first-order chi connectivity index (χ1) is 12.3. The predicted octanol–water partition coefficient (Wildman–Crippen LogP) is 3.45. The number of carbonyl (C=O) groups excluding carboxylic acids is 1. The minimum atomic E-state index is -0.341. The molecule has 0 aliphatic carbocycles. The number of aromatic nitrogens is 2. The number of hydrazone groups is 1. The first kappa shape index (κ1) is 18.5. The Bertz CT molecular complexity index is 1080. The van der Waals surface area contributed by atoms with Crippen molar-refractivity contribution >= 4 is 49.1 Å². The van der Waals surface area contributed by atoms with E-state index in [4.69, 9.17) is 0 Å². The third-order valence-corrected chi connectivity index (χ3v) is 5.60. The molecule has 2 aromatic heterocycles. The zero-order valence-electron chi connectivity index (χ0n) is 14.5. The van der Waals surface area contributed by atoms with Crippen LogP contribution in [0.15, 0.2) is 38.6 Å². The van der Waals surface area contributed by atoms with E-state index in [1.807, 2.05) is 45.0 Å². The van der Waals surface area contributed by atoms with Gasteiger partial charge in [-0.3, -0.25) is 9.59 Å². The lowest BCUT2D eigenvalue weighted by atomic mass is 10.1. The van der Waals surface area contributed by atoms with Crippen molar-refractivity contribution in [3.8, 4) is 0 Å². The van der Waals surface area contributed by atoms with Crippen LogP contribution in [0.5, 0.6) is 0 Å². The van der Waals surface area contributed by atoms with Gasteiger partial charge in [-0.2, -0.15) is 5.10 Å². The van der Waals surface area contributed by atoms with Crippen LogP contribution in [0.25, 0.3) is 10.2 Å². The molecule has 6 nitrogen and oxygen atoms in total. The van der Waals surface area contributed by atoms with Crippen LogP contribution in [0.1, 0.15) is 28.8 Å². The smallest absolute Gasteiger partial charge is 0.259 e. The largest absolute Gasteiger partial charge is 0.309 e. The van der Waals surface area contributed by atoms with Crippen LogP contribution in [0.3, 0.4) is 0 Å². The van der Waals surface area contributed by atoms with Gasteiger partial charge >= 0.3 is 0 Å². The summed E-state index contributed by atoms with van der Waals surface area (Å²) in [5.74, 6) is -0.0107. The van der Waals surface area contributed by atoms with E-state index >= 15 is 0 Å². The lowest BCUT2D eigenvalue weighted by Crippen LogP contribution is -2.24. The number of nitrogens with one attached hydrogen (secondary N) is 2. The van der Waals surface area contributed by atoms with Gasteiger partial charge < -0.3 is 4.98 Å². The summed E-state index contributed by atoms with van der Waals surface area (Å²) in [5, 5.41) is 4.71. The molecule has 8 heteroatoms. The highest BCUT2D eigenvalue weighted by Crippen LogP contribution is 2.25. The number of thiophene rings is 1. The summed E-state index contributed by atoms with van der Waals surface area (Å²) in [7, 11) is 0. The molecule has 0 saturated heterocycles. The average molecular weight is 433 g/mol. The Balaban J connectivity index is 1.75. The number of amides is 1. The van der Waals surface area contributed by atoms with E-state index in [2.05, 4.69) is 36.4 Å². The fraction of sp³-hybridized carbons (Fsp3) is 0.222. The maximum atomic E-state index is 12.2. The van der Waals surface area contributed by atoms with E-state index in [1.54, 1.807) is 0 Å². The second-order valence-corrected chi connectivity index (χ2v) is 8.01. The lowest BCUT2D eigenvalue weighted by molar-refractivity contribution is -0.120. The van der Waals surface area contributed by atoms with Gasteiger partial charge in [0.05, 0.1) is 17.5 Å². The van der Waals surface area contributed by atoms with Crippen LogP contribution in [0, 0.1) is 13.8 Å². The van der Waals surface area contributed by atoms with Crippen molar-refractivity contribution in [1.29, 1.82) is 0 Å². The SMILES string of the molecule is C/C(=N\NC(=O)Cc1nc2sc(C)c(C)c2c(=O)[nH]1)c1cccc(Br)c1. The second kappa shape index (κ2) is 7.51. The highest BCUT2D eigenvalue weighted by molar-refractivity contribution is 9.10. The highest BCUT2D eigenvalue weighted by Gasteiger charge is 2.13. The first-order valence-corrected chi connectivity index (χ1v) is 9.54. The number of rotatable bonds is 4. The molecule has 134 valence electrons. The molecule has 0 bridgehead atoms. The summed E-state index contributed by atoms with van der Waals surface area (Å²) in [6.45, 7) is 5.66. The number of hydrogen-bond acceptors (Lipinski definition) is 5. The fourth-order valence-electron chi connectivity index (χ4n) is 2.50. The number of halogens is 1. The Kier molecular flexibility index (Phi) is 5.33. The molecule has 3 rings (SSSR count). The second-order valence-electron chi connectivity index (χ2n) is 5.90. The Morgan fingerprint density at radius 2 is 2.15 bits per heavy atom. The Morgan fingerprint density at radius 1 is 1.38 bits per heavy atom. The van der Waals surface area contributed by atoms with Crippen molar-refractivity contribution < 1.29 is 4.79 Å². The molecule has 0 radical (unpaired) electrons. The van der Waals surface area contributed by atoms with E-state index < -0.39 is 0 Å². The average Bonchev–Trinajstić information content (AvgIpc) is 2.87. The molecule has 0 spiro atoms. The van der Waals surface area contributed by atoms with Gasteiger partial charge in [-0.15, -0.1) is 11.3 Å². The summed E-state index contributed by atoms with van der Waals surface area (Å²) in [4.78, 5) is 33.2. The lowest BCUT2D eigenvalue weighted by Gasteiger charge is -2.04. The van der Waals surface area contributed by atoms with Crippen LogP contribution in [-0.4, -0.2) is 21.6 Å². The van der Waals surface area contributed by atoms with Crippen molar-refractivity contribution in [1.82, 2.24) is 15.4 Å². The van der Waals surface area contributed by atoms with Crippen molar-refractivity contribution in [2.45, 2.75) is 27.2 Å². The van der Waals surface area contributed by atoms with E-state index in [0.717, 1.165) is 20.5 Å². The molecule has 0 unspecified atom stereocenters. The first-order valence-electron chi connectivity index (χ1n) is 7.93. The maximum absolute atomic E-state index is 12.2. The minimum Gasteiger partial charge on any atom is -0.309 e. The fourth-order valence-corrected chi connectivity index (χ4v) is 3.95. The van der Waals surface area contributed by atoms with E-state index in [1.165, 1.54) is 11.3 Å². The van der Waals surface area contributed by atoms with Crippen LogP contribution in [0.4, 0.5) is 0 Å². The number of fused-ring (bicyclic) bond motifs is 1. The molecule has 0 fully saturated rings. The Labute approximate surface area is 162 Å². The van der Waals surface area contributed by atoms with Gasteiger partial charge in [-0.05, 0) is 44.0 Å². The Hall–Kier alpha value is -2.32. The third-order valence-electron chi connectivity index (χ3n) is 4.01. The van der Waals surface area contributed by atoms with Gasteiger partial charge in [-0.25, -0.2) is 10.4 Å². The van der Waals surface area contributed by atoms with Crippen molar-refractivity contribution in [3.63, 3.8) is 0 Å². The van der Waals surface area contributed by atoms with E-state index in [0.29, 0.717) is 21.8 Å². The summed E-state index contributed by atoms with van der Waals surface area (Å²) in [6, 6.07) is 7.64. The number of hydrogen-bond donors (Lipinski definition) is 2.